The van der Waals surface area contributed by atoms with Gasteiger partial charge in [-0.1, -0.05) is 29.8 Å². The molecule has 2 aromatic carbocycles. The first-order chi connectivity index (χ1) is 16.3. The van der Waals surface area contributed by atoms with Gasteiger partial charge in [0.1, 0.15) is 16.6 Å². The van der Waals surface area contributed by atoms with Crippen molar-refractivity contribution in [1.82, 2.24) is 9.55 Å². The van der Waals surface area contributed by atoms with Crippen molar-refractivity contribution >= 4 is 44.7 Å². The van der Waals surface area contributed by atoms with Gasteiger partial charge in [0.05, 0.1) is 29.4 Å². The van der Waals surface area contributed by atoms with Gasteiger partial charge in [-0.25, -0.2) is 4.98 Å². The van der Waals surface area contributed by atoms with Gasteiger partial charge in [0.15, 0.2) is 0 Å². The molecule has 2 heterocycles. The quantitative estimate of drug-likeness (QED) is 0.426. The summed E-state index contributed by atoms with van der Waals surface area (Å²) in [5.41, 5.74) is 2.40. The molecule has 4 aromatic rings. The Morgan fingerprint density at radius 1 is 1.06 bits per heavy atom. The van der Waals surface area contributed by atoms with Crippen LogP contribution in [0.1, 0.15) is 33.8 Å². The lowest BCUT2D eigenvalue weighted by atomic mass is 10.2. The van der Waals surface area contributed by atoms with Crippen LogP contribution in [0.25, 0.3) is 10.2 Å². The third-order valence-electron chi connectivity index (χ3n) is 5.55. The molecule has 0 fully saturated rings. The third kappa shape index (κ3) is 4.42. The number of thiophene rings is 1. The van der Waals surface area contributed by atoms with Crippen molar-refractivity contribution in [2.75, 3.05) is 17.7 Å². The highest BCUT2D eigenvalue weighted by atomic mass is 32.1. The number of ether oxygens (including phenoxy) is 1. The molecular weight excluding hydrogens is 452 g/mol. The number of methoxy groups -OCH3 is 1. The SMILES string of the molecule is COc1ccccc1NC(=O)c1sc2ncn(C(C)C(=O)Nc3ccc(C)cc3)c(=O)c2c1C. The van der Waals surface area contributed by atoms with Crippen molar-refractivity contribution in [1.29, 1.82) is 0 Å². The molecule has 34 heavy (non-hydrogen) atoms. The average Bonchev–Trinajstić information content (AvgIpc) is 3.18. The highest BCUT2D eigenvalue weighted by Crippen LogP contribution is 2.30. The number of fused-ring (bicyclic) bond motifs is 1. The van der Waals surface area contributed by atoms with Crippen LogP contribution in [0, 0.1) is 13.8 Å². The van der Waals surface area contributed by atoms with Gasteiger partial charge in [0.2, 0.25) is 5.91 Å². The maximum Gasteiger partial charge on any atom is 0.266 e. The number of carbonyl (C=O) groups excluding carboxylic acids is 2. The number of rotatable bonds is 6. The Labute approximate surface area is 200 Å². The Balaban J connectivity index is 1.63. The lowest BCUT2D eigenvalue weighted by Crippen LogP contribution is -2.31. The van der Waals surface area contributed by atoms with E-state index in [1.54, 1.807) is 44.2 Å². The van der Waals surface area contributed by atoms with E-state index in [0.29, 0.717) is 37.8 Å². The number of aromatic nitrogens is 2. The molecule has 0 bridgehead atoms. The van der Waals surface area contributed by atoms with E-state index in [0.717, 1.165) is 16.9 Å². The summed E-state index contributed by atoms with van der Waals surface area (Å²) in [4.78, 5) is 44.2. The van der Waals surface area contributed by atoms with E-state index in [1.807, 2.05) is 25.1 Å². The predicted octanol–water partition coefficient (Wildman–Crippen LogP) is 4.54. The molecule has 1 unspecified atom stereocenters. The molecule has 0 aliphatic carbocycles. The smallest absolute Gasteiger partial charge is 0.266 e. The van der Waals surface area contributed by atoms with Gasteiger partial charge in [-0.05, 0) is 50.6 Å². The van der Waals surface area contributed by atoms with E-state index in [4.69, 9.17) is 4.74 Å². The molecule has 2 aromatic heterocycles. The van der Waals surface area contributed by atoms with E-state index < -0.39 is 6.04 Å². The van der Waals surface area contributed by atoms with Crippen LogP contribution in [0.15, 0.2) is 59.7 Å². The van der Waals surface area contributed by atoms with Crippen molar-refractivity contribution in [3.63, 3.8) is 0 Å². The largest absolute Gasteiger partial charge is 0.495 e. The van der Waals surface area contributed by atoms with Crippen LogP contribution in [-0.4, -0.2) is 28.5 Å². The summed E-state index contributed by atoms with van der Waals surface area (Å²) in [7, 11) is 1.53. The maximum atomic E-state index is 13.3. The third-order valence-corrected chi connectivity index (χ3v) is 6.75. The molecule has 2 amide bonds. The Bertz CT molecular complexity index is 1440. The summed E-state index contributed by atoms with van der Waals surface area (Å²) in [5, 5.41) is 5.98. The van der Waals surface area contributed by atoms with Crippen molar-refractivity contribution in [3.8, 4) is 5.75 Å². The number of nitrogens with zero attached hydrogens (tertiary/aromatic N) is 2. The monoisotopic (exact) mass is 476 g/mol. The second-order valence-corrected chi connectivity index (χ2v) is 8.88. The lowest BCUT2D eigenvalue weighted by molar-refractivity contribution is -0.118. The summed E-state index contributed by atoms with van der Waals surface area (Å²) in [6.45, 7) is 5.30. The fourth-order valence-corrected chi connectivity index (χ4v) is 4.60. The zero-order valence-electron chi connectivity index (χ0n) is 19.2. The van der Waals surface area contributed by atoms with Crippen molar-refractivity contribution in [2.45, 2.75) is 26.8 Å². The molecule has 174 valence electrons. The Morgan fingerprint density at radius 3 is 2.47 bits per heavy atom. The molecule has 2 N–H and O–H groups in total. The molecular formula is C25H24N4O4S. The summed E-state index contributed by atoms with van der Waals surface area (Å²) in [5.74, 6) is -0.168. The zero-order valence-corrected chi connectivity index (χ0v) is 20.0. The number of anilines is 2. The van der Waals surface area contributed by atoms with Gasteiger partial charge in [0.25, 0.3) is 11.5 Å². The summed E-state index contributed by atoms with van der Waals surface area (Å²) < 4.78 is 6.57. The van der Waals surface area contributed by atoms with E-state index in [9.17, 15) is 14.4 Å². The number of nitrogens with one attached hydrogen (secondary N) is 2. The minimum absolute atomic E-state index is 0.327. The number of aryl methyl sites for hydroxylation is 2. The van der Waals surface area contributed by atoms with E-state index in [2.05, 4.69) is 15.6 Å². The molecule has 8 nitrogen and oxygen atoms in total. The average molecular weight is 477 g/mol. The van der Waals surface area contributed by atoms with Gasteiger partial charge >= 0.3 is 0 Å². The molecule has 0 saturated carbocycles. The van der Waals surface area contributed by atoms with Crippen molar-refractivity contribution in [2.24, 2.45) is 0 Å². The van der Waals surface area contributed by atoms with Crippen LogP contribution in [0.2, 0.25) is 0 Å². The number of hydrogen-bond donors (Lipinski definition) is 2. The van der Waals surface area contributed by atoms with Crippen molar-refractivity contribution in [3.05, 3.63) is 81.2 Å². The molecule has 4 rings (SSSR count). The van der Waals surface area contributed by atoms with Crippen LogP contribution in [0.4, 0.5) is 11.4 Å². The molecule has 0 aliphatic rings. The number of para-hydroxylation sites is 2. The summed E-state index contributed by atoms with van der Waals surface area (Å²) >= 11 is 1.13. The Hall–Kier alpha value is -3.98. The molecule has 0 spiro atoms. The first kappa shape index (κ1) is 23.2. The number of amides is 2. The zero-order chi connectivity index (χ0) is 24.4. The second-order valence-electron chi connectivity index (χ2n) is 7.88. The van der Waals surface area contributed by atoms with Crippen LogP contribution in [0.3, 0.4) is 0 Å². The van der Waals surface area contributed by atoms with E-state index in [-0.39, 0.29) is 17.4 Å². The highest BCUT2D eigenvalue weighted by Gasteiger charge is 2.23. The van der Waals surface area contributed by atoms with E-state index >= 15 is 0 Å². The normalized spacial score (nSPS) is 11.8. The van der Waals surface area contributed by atoms with Gasteiger partial charge < -0.3 is 15.4 Å². The summed E-state index contributed by atoms with van der Waals surface area (Å²) in [6, 6.07) is 13.7. The minimum atomic E-state index is -0.796. The van der Waals surface area contributed by atoms with Gasteiger partial charge in [-0.3, -0.25) is 19.0 Å². The number of benzene rings is 2. The van der Waals surface area contributed by atoms with Crippen LogP contribution >= 0.6 is 11.3 Å². The summed E-state index contributed by atoms with van der Waals surface area (Å²) in [6.07, 6.45) is 1.35. The van der Waals surface area contributed by atoms with Crippen molar-refractivity contribution < 1.29 is 14.3 Å². The molecule has 9 heteroatoms. The highest BCUT2D eigenvalue weighted by molar-refractivity contribution is 7.20. The lowest BCUT2D eigenvalue weighted by Gasteiger charge is -2.15. The maximum absolute atomic E-state index is 13.3. The Morgan fingerprint density at radius 2 is 1.76 bits per heavy atom. The minimum Gasteiger partial charge on any atom is -0.495 e. The van der Waals surface area contributed by atoms with Gasteiger partial charge in [-0.2, -0.15) is 0 Å². The van der Waals surface area contributed by atoms with Gasteiger partial charge in [0, 0.05) is 5.69 Å². The molecule has 0 radical (unpaired) electrons. The molecule has 1 atom stereocenters. The van der Waals surface area contributed by atoms with Crippen LogP contribution in [0.5, 0.6) is 5.75 Å². The van der Waals surface area contributed by atoms with Crippen LogP contribution < -0.4 is 20.9 Å². The fraction of sp³-hybridized carbons (Fsp3) is 0.200. The molecule has 0 aliphatic heterocycles. The second kappa shape index (κ2) is 9.48. The predicted molar refractivity (Wildman–Crippen MR) is 134 cm³/mol. The van der Waals surface area contributed by atoms with Crippen LogP contribution in [-0.2, 0) is 4.79 Å². The fourth-order valence-electron chi connectivity index (χ4n) is 3.57. The number of carbonyl (C=O) groups is 2. The number of hydrogen-bond acceptors (Lipinski definition) is 6. The first-order valence-corrected chi connectivity index (χ1v) is 11.4. The van der Waals surface area contributed by atoms with Gasteiger partial charge in [-0.15, -0.1) is 11.3 Å². The first-order valence-electron chi connectivity index (χ1n) is 10.6. The molecule has 0 saturated heterocycles. The standard InChI is InChI=1S/C25H24N4O4S/c1-14-9-11-17(12-10-14)27-22(30)16(3)29-13-26-24-20(25(29)32)15(2)21(34-24)23(31)28-18-7-5-6-8-19(18)33-4/h5-13,16H,1-4H3,(H,27,30)(H,28,31). The Kier molecular flexibility index (Phi) is 6.47. The topological polar surface area (TPSA) is 102 Å². The van der Waals surface area contributed by atoms with E-state index in [1.165, 1.54) is 18.0 Å².